The summed E-state index contributed by atoms with van der Waals surface area (Å²) in [5, 5.41) is 5.94. The van der Waals surface area contributed by atoms with Crippen LogP contribution in [-0.4, -0.2) is 34.2 Å². The molecule has 2 amide bonds. The Kier molecular flexibility index (Phi) is 6.30. The number of ether oxygens (including phenoxy) is 2. The summed E-state index contributed by atoms with van der Waals surface area (Å²) in [7, 11) is 0. The van der Waals surface area contributed by atoms with Crippen LogP contribution in [0.2, 0.25) is 0 Å². The van der Waals surface area contributed by atoms with Gasteiger partial charge in [-0.3, -0.25) is 19.4 Å². The van der Waals surface area contributed by atoms with Crippen molar-refractivity contribution in [2.45, 2.75) is 39.9 Å². The fraction of sp³-hybridized carbons (Fsp3) is 0.333. The minimum atomic E-state index is -0.804. The Hall–Kier alpha value is -3.88. The number of nitrogens with one attached hydrogen (secondary N) is 2. The lowest BCUT2D eigenvalue weighted by atomic mass is 10.0. The molecule has 33 heavy (non-hydrogen) atoms. The first-order valence-electron chi connectivity index (χ1n) is 10.8. The molecule has 1 aliphatic heterocycles. The van der Waals surface area contributed by atoms with Gasteiger partial charge in [-0.2, -0.15) is 0 Å². The second-order valence-corrected chi connectivity index (χ2v) is 8.15. The lowest BCUT2D eigenvalue weighted by Gasteiger charge is -2.22. The number of aromatic nitrogens is 2. The fourth-order valence-electron chi connectivity index (χ4n) is 3.76. The average Bonchev–Trinajstić information content (AvgIpc) is 3.28. The van der Waals surface area contributed by atoms with E-state index in [4.69, 9.17) is 9.47 Å². The maximum atomic E-state index is 13.2. The number of nitrogens with zero attached hydrogens (tertiary/aromatic N) is 2. The molecule has 2 aromatic heterocycles. The lowest BCUT2D eigenvalue weighted by Crippen LogP contribution is -2.50. The molecule has 0 unspecified atom stereocenters. The zero-order chi connectivity index (χ0) is 23.5. The summed E-state index contributed by atoms with van der Waals surface area (Å²) in [6.07, 6.45) is 4.82. The Balaban J connectivity index is 1.60. The normalized spacial score (nSPS) is 13.2. The third kappa shape index (κ3) is 4.52. The van der Waals surface area contributed by atoms with Crippen molar-refractivity contribution in [1.29, 1.82) is 0 Å². The number of hydrogen-bond acceptors (Lipinski definition) is 6. The predicted octanol–water partition coefficient (Wildman–Crippen LogP) is 2.22. The van der Waals surface area contributed by atoms with Crippen LogP contribution in [0, 0.1) is 5.92 Å². The first-order chi connectivity index (χ1) is 15.9. The quantitative estimate of drug-likeness (QED) is 0.571. The van der Waals surface area contributed by atoms with E-state index < -0.39 is 17.4 Å². The molecule has 3 heterocycles. The highest BCUT2D eigenvalue weighted by Crippen LogP contribution is 2.35. The Bertz CT molecular complexity index is 1250. The van der Waals surface area contributed by atoms with E-state index in [-0.39, 0.29) is 24.2 Å². The van der Waals surface area contributed by atoms with E-state index in [0.29, 0.717) is 35.5 Å². The Morgan fingerprint density at radius 3 is 2.52 bits per heavy atom. The summed E-state index contributed by atoms with van der Waals surface area (Å²) in [5.41, 5.74) is 1.09. The molecule has 1 aromatic carbocycles. The summed E-state index contributed by atoms with van der Waals surface area (Å²) in [4.78, 5) is 43.1. The van der Waals surface area contributed by atoms with Crippen LogP contribution in [0.15, 0.2) is 47.7 Å². The van der Waals surface area contributed by atoms with Crippen molar-refractivity contribution in [3.8, 4) is 11.5 Å². The molecule has 9 heteroatoms. The second-order valence-electron chi connectivity index (χ2n) is 8.15. The van der Waals surface area contributed by atoms with Gasteiger partial charge in [0.1, 0.15) is 11.6 Å². The molecule has 9 nitrogen and oxygen atoms in total. The molecule has 0 spiro atoms. The van der Waals surface area contributed by atoms with Crippen molar-refractivity contribution < 1.29 is 19.1 Å². The van der Waals surface area contributed by atoms with Crippen LogP contribution >= 0.6 is 0 Å². The van der Waals surface area contributed by atoms with Crippen LogP contribution in [0.4, 0.5) is 0 Å². The maximum Gasteiger partial charge on any atom is 0.257 e. The zero-order valence-corrected chi connectivity index (χ0v) is 18.8. The molecule has 172 valence electrons. The maximum absolute atomic E-state index is 13.2. The molecule has 1 atom stereocenters. The zero-order valence-electron chi connectivity index (χ0n) is 18.8. The number of rotatable bonds is 7. The van der Waals surface area contributed by atoms with Gasteiger partial charge in [-0.1, -0.05) is 13.8 Å². The van der Waals surface area contributed by atoms with Gasteiger partial charge in [-0.05, 0) is 36.6 Å². The molecule has 0 radical (unpaired) electrons. The number of amides is 2. The Labute approximate surface area is 190 Å². The van der Waals surface area contributed by atoms with Crippen molar-refractivity contribution in [1.82, 2.24) is 20.2 Å². The van der Waals surface area contributed by atoms with E-state index >= 15 is 0 Å². The predicted molar refractivity (Wildman–Crippen MR) is 122 cm³/mol. The highest BCUT2D eigenvalue weighted by Gasteiger charge is 2.27. The van der Waals surface area contributed by atoms with Crippen molar-refractivity contribution in [2.75, 3.05) is 6.79 Å². The highest BCUT2D eigenvalue weighted by molar-refractivity contribution is 6.00. The summed E-state index contributed by atoms with van der Waals surface area (Å²) in [6.45, 7) is 6.53. The second kappa shape index (κ2) is 9.32. The van der Waals surface area contributed by atoms with Crippen molar-refractivity contribution in [3.63, 3.8) is 0 Å². The largest absolute Gasteiger partial charge is 0.454 e. The molecule has 0 fully saturated rings. The average molecular weight is 450 g/mol. The van der Waals surface area contributed by atoms with Crippen LogP contribution in [0.25, 0.3) is 10.9 Å². The molecular formula is C24H26N4O5. The fourth-order valence-corrected chi connectivity index (χ4v) is 3.76. The standard InChI is InChI=1S/C24H26N4O5/c1-4-28-12-17(22(29)16-9-19-20(10-18(16)28)33-13-32-19)23(30)27-21(14(2)3)24(31)26-11-15-5-7-25-8-6-15/h5-10,12,14,21H,4,11,13H2,1-3H3,(H,26,31)(H,27,30)/t21-/m1/s1. The molecule has 0 bridgehead atoms. The van der Waals surface area contributed by atoms with Crippen LogP contribution < -0.4 is 25.5 Å². The minimum Gasteiger partial charge on any atom is -0.454 e. The molecule has 0 saturated carbocycles. The van der Waals surface area contributed by atoms with Crippen LogP contribution in [0.1, 0.15) is 36.7 Å². The summed E-state index contributed by atoms with van der Waals surface area (Å²) in [5.74, 6) is -0.0777. The van der Waals surface area contributed by atoms with Crippen LogP contribution in [0.5, 0.6) is 11.5 Å². The van der Waals surface area contributed by atoms with Crippen molar-refractivity contribution in [3.05, 3.63) is 64.2 Å². The lowest BCUT2D eigenvalue weighted by molar-refractivity contribution is -0.124. The van der Waals surface area contributed by atoms with Gasteiger partial charge in [-0.25, -0.2) is 0 Å². The molecule has 0 saturated heterocycles. The van der Waals surface area contributed by atoms with E-state index in [1.165, 1.54) is 6.20 Å². The Morgan fingerprint density at radius 1 is 1.15 bits per heavy atom. The minimum absolute atomic E-state index is 0.0317. The highest BCUT2D eigenvalue weighted by atomic mass is 16.7. The number of pyridine rings is 2. The van der Waals surface area contributed by atoms with Gasteiger partial charge >= 0.3 is 0 Å². The summed E-state index contributed by atoms with van der Waals surface area (Å²) in [6, 6.07) is 6.15. The smallest absolute Gasteiger partial charge is 0.257 e. The number of aryl methyl sites for hydroxylation is 1. The van der Waals surface area contributed by atoms with Crippen LogP contribution in [-0.2, 0) is 17.9 Å². The van der Waals surface area contributed by atoms with Gasteiger partial charge in [0.15, 0.2) is 11.5 Å². The third-order valence-corrected chi connectivity index (χ3v) is 5.61. The number of carbonyl (C=O) groups excluding carboxylic acids is 2. The molecule has 1 aliphatic rings. The van der Waals surface area contributed by atoms with Crippen molar-refractivity contribution >= 4 is 22.7 Å². The SMILES string of the molecule is CCn1cc(C(=O)N[C@@H](C(=O)NCc2ccncc2)C(C)C)c(=O)c2cc3c(cc21)OCO3. The number of carbonyl (C=O) groups is 2. The summed E-state index contributed by atoms with van der Waals surface area (Å²) < 4.78 is 12.6. The van der Waals surface area contributed by atoms with E-state index in [1.54, 1.807) is 36.7 Å². The number of benzene rings is 1. The third-order valence-electron chi connectivity index (χ3n) is 5.61. The van der Waals surface area contributed by atoms with E-state index in [9.17, 15) is 14.4 Å². The summed E-state index contributed by atoms with van der Waals surface area (Å²) >= 11 is 0. The first-order valence-corrected chi connectivity index (χ1v) is 10.8. The van der Waals surface area contributed by atoms with E-state index in [0.717, 1.165) is 5.56 Å². The number of fused-ring (bicyclic) bond motifs is 2. The van der Waals surface area contributed by atoms with Gasteiger partial charge in [0.25, 0.3) is 5.91 Å². The van der Waals surface area contributed by atoms with Crippen LogP contribution in [0.3, 0.4) is 0 Å². The molecule has 4 rings (SSSR count). The van der Waals surface area contributed by atoms with E-state index in [1.807, 2.05) is 25.3 Å². The monoisotopic (exact) mass is 450 g/mol. The molecule has 2 N–H and O–H groups in total. The first kappa shape index (κ1) is 22.3. The van der Waals surface area contributed by atoms with Gasteiger partial charge < -0.3 is 24.7 Å². The van der Waals surface area contributed by atoms with Gasteiger partial charge in [0.05, 0.1) is 10.9 Å². The topological polar surface area (TPSA) is 112 Å². The van der Waals surface area contributed by atoms with Crippen molar-refractivity contribution in [2.24, 2.45) is 5.92 Å². The molecule has 3 aromatic rings. The van der Waals surface area contributed by atoms with Gasteiger partial charge in [0.2, 0.25) is 18.1 Å². The Morgan fingerprint density at radius 2 is 1.85 bits per heavy atom. The number of hydrogen-bond donors (Lipinski definition) is 2. The molecule has 0 aliphatic carbocycles. The van der Waals surface area contributed by atoms with E-state index in [2.05, 4.69) is 15.6 Å². The van der Waals surface area contributed by atoms with Gasteiger partial charge in [-0.15, -0.1) is 0 Å². The van der Waals surface area contributed by atoms with Gasteiger partial charge in [0, 0.05) is 37.7 Å². The molecular weight excluding hydrogens is 424 g/mol.